The Morgan fingerprint density at radius 2 is 0.447 bits per heavy atom. The summed E-state index contributed by atoms with van der Waals surface area (Å²) in [5, 5.41) is 10.7. The number of hydrogen-bond acceptors (Lipinski definition) is 15. The smallest absolute Gasteiger partial charge is 0.462 e. The molecule has 17 nitrogen and oxygen atoms in total. The molecule has 0 aliphatic heterocycles. The van der Waals surface area contributed by atoms with Gasteiger partial charge in [-0.05, 0) is 43.4 Å². The van der Waals surface area contributed by atoms with Gasteiger partial charge in [0.25, 0.3) is 0 Å². The highest BCUT2D eigenvalue weighted by molar-refractivity contribution is 7.47. The lowest BCUT2D eigenvalue weighted by molar-refractivity contribution is -0.161. The zero-order chi connectivity index (χ0) is 75.8. The summed E-state index contributed by atoms with van der Waals surface area (Å²) in [5.74, 6) is 0.220. The van der Waals surface area contributed by atoms with Crippen molar-refractivity contribution in [1.82, 2.24) is 0 Å². The third kappa shape index (κ3) is 78.0. The molecule has 0 saturated carbocycles. The Balaban J connectivity index is 5.23. The summed E-state index contributed by atoms with van der Waals surface area (Å²) in [6.45, 7) is 12.0. The van der Waals surface area contributed by atoms with Crippen molar-refractivity contribution in [3.05, 3.63) is 0 Å². The molecule has 0 fully saturated rings. The van der Waals surface area contributed by atoms with Crippen LogP contribution in [0.15, 0.2) is 0 Å². The molecule has 0 saturated heterocycles. The zero-order valence-electron chi connectivity index (χ0n) is 67.8. The Labute approximate surface area is 632 Å². The number of phosphoric ester groups is 2. The predicted molar refractivity (Wildman–Crippen MR) is 423 cm³/mol. The second-order valence-corrected chi connectivity index (χ2v) is 34.6. The molecule has 103 heavy (non-hydrogen) atoms. The van der Waals surface area contributed by atoms with Gasteiger partial charge in [0.2, 0.25) is 0 Å². The van der Waals surface area contributed by atoms with Gasteiger partial charge in [0, 0.05) is 25.7 Å². The maximum absolute atomic E-state index is 13.1. The highest BCUT2D eigenvalue weighted by Gasteiger charge is 2.30. The molecule has 0 spiro atoms. The number of aliphatic hydroxyl groups is 1. The van der Waals surface area contributed by atoms with E-state index in [2.05, 4.69) is 48.5 Å². The summed E-state index contributed by atoms with van der Waals surface area (Å²) in [6, 6.07) is 0. The average Bonchev–Trinajstić information content (AvgIpc) is 0.946. The molecule has 0 aliphatic carbocycles. The molecule has 612 valence electrons. The van der Waals surface area contributed by atoms with Crippen molar-refractivity contribution in [2.75, 3.05) is 39.6 Å². The third-order valence-electron chi connectivity index (χ3n) is 19.6. The van der Waals surface area contributed by atoms with Gasteiger partial charge in [-0.2, -0.15) is 0 Å². The van der Waals surface area contributed by atoms with Crippen LogP contribution < -0.4 is 0 Å². The largest absolute Gasteiger partial charge is 0.472 e. The Bertz CT molecular complexity index is 1990. The van der Waals surface area contributed by atoms with E-state index in [4.69, 9.17) is 37.0 Å². The van der Waals surface area contributed by atoms with Gasteiger partial charge in [-0.3, -0.25) is 37.3 Å². The highest BCUT2D eigenvalue weighted by atomic mass is 31.2. The summed E-state index contributed by atoms with van der Waals surface area (Å²) in [4.78, 5) is 73.1. The van der Waals surface area contributed by atoms with Crippen LogP contribution in [-0.2, 0) is 65.4 Å². The molecule has 3 N–H and O–H groups in total. The number of carbonyl (C=O) groups is 4. The van der Waals surface area contributed by atoms with E-state index in [1.807, 2.05) is 0 Å². The molecular weight excluding hydrogens is 1340 g/mol. The van der Waals surface area contributed by atoms with Crippen LogP contribution in [0.25, 0.3) is 0 Å². The minimum Gasteiger partial charge on any atom is -0.462 e. The monoisotopic (exact) mass is 1510 g/mol. The number of esters is 4. The summed E-state index contributed by atoms with van der Waals surface area (Å²) in [7, 11) is -9.92. The van der Waals surface area contributed by atoms with Gasteiger partial charge < -0.3 is 33.8 Å². The average molecular weight is 1510 g/mol. The molecule has 0 aromatic carbocycles. The zero-order valence-corrected chi connectivity index (χ0v) is 69.6. The van der Waals surface area contributed by atoms with Gasteiger partial charge in [0.1, 0.15) is 19.3 Å². The van der Waals surface area contributed by atoms with Gasteiger partial charge in [-0.25, -0.2) is 9.13 Å². The van der Waals surface area contributed by atoms with Crippen LogP contribution in [0.3, 0.4) is 0 Å². The maximum atomic E-state index is 13.1. The first kappa shape index (κ1) is 101. The van der Waals surface area contributed by atoms with Gasteiger partial charge in [0.15, 0.2) is 12.2 Å². The van der Waals surface area contributed by atoms with Crippen LogP contribution in [0.2, 0.25) is 0 Å². The van der Waals surface area contributed by atoms with Crippen LogP contribution in [0.1, 0.15) is 440 Å². The highest BCUT2D eigenvalue weighted by Crippen LogP contribution is 2.45. The van der Waals surface area contributed by atoms with E-state index >= 15 is 0 Å². The number of carbonyl (C=O) groups excluding carboxylic acids is 4. The first-order chi connectivity index (χ1) is 49.7. The van der Waals surface area contributed by atoms with Crippen molar-refractivity contribution in [2.24, 2.45) is 17.8 Å². The first-order valence-electron chi connectivity index (χ1n) is 43.3. The number of ether oxygens (including phenoxy) is 4. The van der Waals surface area contributed by atoms with E-state index in [0.717, 1.165) is 108 Å². The number of phosphoric acid groups is 2. The van der Waals surface area contributed by atoms with Crippen LogP contribution in [0.4, 0.5) is 0 Å². The van der Waals surface area contributed by atoms with Crippen molar-refractivity contribution in [2.45, 2.75) is 458 Å². The van der Waals surface area contributed by atoms with Gasteiger partial charge in [0.05, 0.1) is 26.4 Å². The van der Waals surface area contributed by atoms with Crippen molar-refractivity contribution in [3.8, 4) is 0 Å². The molecular formula is C84H164O17P2. The molecule has 0 radical (unpaired) electrons. The van der Waals surface area contributed by atoms with Crippen molar-refractivity contribution in [1.29, 1.82) is 0 Å². The van der Waals surface area contributed by atoms with Gasteiger partial charge in [-0.1, -0.05) is 389 Å². The Kier molecular flexibility index (Phi) is 72.8. The number of aliphatic hydroxyl groups excluding tert-OH is 1. The fraction of sp³-hybridized carbons (Fsp3) is 0.952. The van der Waals surface area contributed by atoms with Gasteiger partial charge >= 0.3 is 39.5 Å². The summed E-state index contributed by atoms with van der Waals surface area (Å²) in [5.41, 5.74) is 0. The topological polar surface area (TPSA) is 237 Å². The van der Waals surface area contributed by atoms with E-state index < -0.39 is 97.5 Å². The van der Waals surface area contributed by atoms with E-state index in [-0.39, 0.29) is 25.7 Å². The molecule has 0 bridgehead atoms. The summed E-state index contributed by atoms with van der Waals surface area (Å²) >= 11 is 0. The van der Waals surface area contributed by atoms with Crippen LogP contribution in [0.5, 0.6) is 0 Å². The molecule has 2 unspecified atom stereocenters. The Hall–Kier alpha value is -1.94. The van der Waals surface area contributed by atoms with Crippen LogP contribution in [0, 0.1) is 17.8 Å². The minimum absolute atomic E-state index is 0.107. The van der Waals surface area contributed by atoms with Crippen molar-refractivity contribution in [3.63, 3.8) is 0 Å². The minimum atomic E-state index is -4.96. The molecule has 0 rings (SSSR count). The first-order valence-corrected chi connectivity index (χ1v) is 46.3. The quantitative estimate of drug-likeness (QED) is 0.0222. The SMILES string of the molecule is CCCCCCCCCCCCCCCCCC(=O)O[C@H](COC(=O)CCCCCCCCCC(C)C)COP(=O)(O)OC[C@H](O)COP(=O)(O)OC[C@@H](COC(=O)CCCCCCCCCCCCCCCCCCC(C)C)OC(=O)CCCCCCCCCCCCCCCCCCC(C)C. The third-order valence-corrected chi connectivity index (χ3v) is 21.5. The molecule has 0 amide bonds. The standard InChI is InChI=1S/C84H164O17P2/c1-8-9-10-11-12-13-14-15-20-28-33-38-45-53-60-67-84(89)101-80(72-95-82(87)66-59-52-47-40-43-50-57-64-77(6)7)74-99-103(92,93)97-70-78(85)69-96-102(90,91)98-73-79(100-83(88)68-61-54-46-39-34-29-24-19-17-22-26-31-36-42-49-56-63-76(4)5)71-94-81(86)65-58-51-44-37-32-27-23-18-16-21-25-30-35-41-48-55-62-75(2)3/h75-80,85H,8-74H2,1-7H3,(H,90,91)(H,92,93)/t78-,79-,80-/m1/s1. The van der Waals surface area contributed by atoms with Gasteiger partial charge in [-0.15, -0.1) is 0 Å². The second-order valence-electron chi connectivity index (χ2n) is 31.6. The van der Waals surface area contributed by atoms with Crippen LogP contribution >= 0.6 is 15.6 Å². The van der Waals surface area contributed by atoms with Crippen LogP contribution in [-0.4, -0.2) is 96.7 Å². The fourth-order valence-electron chi connectivity index (χ4n) is 13.0. The van der Waals surface area contributed by atoms with E-state index in [1.165, 1.54) is 244 Å². The second kappa shape index (κ2) is 74.2. The maximum Gasteiger partial charge on any atom is 0.472 e. The Morgan fingerprint density at radius 1 is 0.262 bits per heavy atom. The lowest BCUT2D eigenvalue weighted by Gasteiger charge is -2.21. The molecule has 0 aromatic rings. The van der Waals surface area contributed by atoms with Crippen molar-refractivity contribution >= 4 is 39.5 Å². The molecule has 5 atom stereocenters. The number of unbranched alkanes of at least 4 members (excludes halogenated alkanes) is 50. The molecule has 0 aliphatic rings. The number of rotatable bonds is 82. The molecule has 0 aromatic heterocycles. The molecule has 19 heteroatoms. The van der Waals surface area contributed by atoms with E-state index in [1.54, 1.807) is 0 Å². The molecule has 0 heterocycles. The van der Waals surface area contributed by atoms with Crippen molar-refractivity contribution < 1.29 is 80.2 Å². The lowest BCUT2D eigenvalue weighted by Crippen LogP contribution is -2.30. The predicted octanol–water partition coefficient (Wildman–Crippen LogP) is 25.3. The van der Waals surface area contributed by atoms with E-state index in [9.17, 15) is 43.2 Å². The summed E-state index contributed by atoms with van der Waals surface area (Å²) < 4.78 is 68.8. The normalized spacial score (nSPS) is 13.9. The number of hydrogen-bond donors (Lipinski definition) is 3. The summed E-state index contributed by atoms with van der Waals surface area (Å²) in [6.07, 6.45) is 63.9. The Morgan fingerprint density at radius 3 is 0.660 bits per heavy atom. The van der Waals surface area contributed by atoms with E-state index in [0.29, 0.717) is 31.6 Å². The fourth-order valence-corrected chi connectivity index (χ4v) is 14.6. The lowest BCUT2D eigenvalue weighted by atomic mass is 10.0.